The van der Waals surface area contributed by atoms with Crippen molar-refractivity contribution in [3.63, 3.8) is 0 Å². The topological polar surface area (TPSA) is 49.4 Å². The molecule has 4 heteroatoms. The van der Waals surface area contributed by atoms with Crippen LogP contribution in [0.4, 0.5) is 0 Å². The summed E-state index contributed by atoms with van der Waals surface area (Å²) in [6, 6.07) is 0.249. The molecule has 0 aromatic heterocycles. The Morgan fingerprint density at radius 1 is 1.16 bits per heavy atom. The number of rotatable bonds is 7. The van der Waals surface area contributed by atoms with Crippen molar-refractivity contribution in [1.29, 1.82) is 0 Å². The number of fused-ring (bicyclic) bond motifs is 1. The molecule has 0 radical (unpaired) electrons. The van der Waals surface area contributed by atoms with Crippen molar-refractivity contribution in [2.75, 3.05) is 13.1 Å². The second kappa shape index (κ2) is 5.23. The summed E-state index contributed by atoms with van der Waals surface area (Å²) in [6.07, 6.45) is 3.14. The van der Waals surface area contributed by atoms with Gasteiger partial charge in [-0.05, 0) is 24.8 Å². The molecule has 1 N–H and O–H groups in total. The van der Waals surface area contributed by atoms with E-state index in [1.165, 1.54) is 4.90 Å². The minimum Gasteiger partial charge on any atom is -0.312 e. The highest BCUT2D eigenvalue weighted by Gasteiger charge is 2.72. The third-order valence-corrected chi connectivity index (χ3v) is 4.61. The highest BCUT2D eigenvalue weighted by atomic mass is 16.2. The smallest absolute Gasteiger partial charge is 0.233 e. The molecule has 2 aliphatic rings. The molecule has 2 amide bonds. The van der Waals surface area contributed by atoms with E-state index < -0.39 is 0 Å². The second-order valence-electron chi connectivity index (χ2n) is 6.50. The van der Waals surface area contributed by atoms with Crippen molar-refractivity contribution in [2.45, 2.75) is 53.0 Å². The zero-order chi connectivity index (χ0) is 14.2. The molecule has 3 atom stereocenters. The minimum atomic E-state index is -0.0955. The first kappa shape index (κ1) is 14.5. The van der Waals surface area contributed by atoms with Gasteiger partial charge in [0.15, 0.2) is 0 Å². The van der Waals surface area contributed by atoms with Gasteiger partial charge in [-0.25, -0.2) is 0 Å². The van der Waals surface area contributed by atoms with E-state index >= 15 is 0 Å². The Hall–Kier alpha value is -0.900. The van der Waals surface area contributed by atoms with Crippen LogP contribution in [0.3, 0.4) is 0 Å². The van der Waals surface area contributed by atoms with Crippen molar-refractivity contribution in [3.8, 4) is 0 Å². The number of hydrogen-bond donors (Lipinski definition) is 1. The normalized spacial score (nSPS) is 29.6. The summed E-state index contributed by atoms with van der Waals surface area (Å²) < 4.78 is 0. The molecule has 108 valence electrons. The van der Waals surface area contributed by atoms with Gasteiger partial charge in [-0.1, -0.05) is 34.1 Å². The standard InChI is InChI=1S/C15H26N2O2/c1-5-7-10(16-8-6-2)9-17-13(18)11-12(14(17)19)15(11,3)4/h10-12,16H,5-9H2,1-4H3. The number of likely N-dealkylation sites (tertiary alicyclic amines) is 1. The average molecular weight is 266 g/mol. The van der Waals surface area contributed by atoms with Gasteiger partial charge in [0.2, 0.25) is 11.8 Å². The number of piperidine rings is 1. The predicted octanol–water partition coefficient (Wildman–Crippen LogP) is 1.80. The number of hydrogen-bond acceptors (Lipinski definition) is 3. The molecule has 2 rings (SSSR count). The van der Waals surface area contributed by atoms with Gasteiger partial charge in [-0.2, -0.15) is 0 Å². The van der Waals surface area contributed by atoms with E-state index in [0.29, 0.717) is 6.54 Å². The summed E-state index contributed by atoms with van der Waals surface area (Å²) in [5.41, 5.74) is -0.0955. The molecule has 0 spiro atoms. The molecule has 1 heterocycles. The highest BCUT2D eigenvalue weighted by Crippen LogP contribution is 2.63. The van der Waals surface area contributed by atoms with E-state index in [2.05, 4.69) is 19.2 Å². The first-order valence-electron chi connectivity index (χ1n) is 7.53. The van der Waals surface area contributed by atoms with Gasteiger partial charge in [0, 0.05) is 12.6 Å². The third kappa shape index (κ3) is 2.42. The number of carbonyl (C=O) groups excluding carboxylic acids is 2. The Labute approximate surface area is 115 Å². The molecule has 0 aromatic rings. The molecule has 1 saturated carbocycles. The molecule has 0 bridgehead atoms. The number of amides is 2. The van der Waals surface area contributed by atoms with E-state index in [9.17, 15) is 9.59 Å². The SMILES string of the molecule is CCCNC(CCC)CN1C(=O)C2C(C1=O)C2(C)C. The van der Waals surface area contributed by atoms with Gasteiger partial charge in [0.1, 0.15) is 0 Å². The molecule has 0 aromatic carbocycles. The molecular formula is C15H26N2O2. The maximum absolute atomic E-state index is 12.3. The maximum atomic E-state index is 12.3. The van der Waals surface area contributed by atoms with Crippen LogP contribution in [0.1, 0.15) is 47.0 Å². The first-order valence-corrected chi connectivity index (χ1v) is 7.53. The minimum absolute atomic E-state index is 0.0477. The molecular weight excluding hydrogens is 240 g/mol. The molecule has 19 heavy (non-hydrogen) atoms. The number of nitrogens with one attached hydrogen (secondary N) is 1. The van der Waals surface area contributed by atoms with Crippen LogP contribution in [-0.4, -0.2) is 35.8 Å². The summed E-state index contributed by atoms with van der Waals surface area (Å²) in [5.74, 6) is 0.0145. The van der Waals surface area contributed by atoms with Crippen molar-refractivity contribution >= 4 is 11.8 Å². The van der Waals surface area contributed by atoms with Crippen LogP contribution in [0.5, 0.6) is 0 Å². The van der Waals surface area contributed by atoms with Crippen LogP contribution >= 0.6 is 0 Å². The number of nitrogens with zero attached hydrogens (tertiary/aromatic N) is 1. The molecule has 1 saturated heterocycles. The largest absolute Gasteiger partial charge is 0.312 e. The van der Waals surface area contributed by atoms with E-state index in [0.717, 1.165) is 25.8 Å². The zero-order valence-corrected chi connectivity index (χ0v) is 12.5. The lowest BCUT2D eigenvalue weighted by atomic mass is 10.0. The first-order chi connectivity index (χ1) is 8.95. The monoisotopic (exact) mass is 266 g/mol. The number of carbonyl (C=O) groups is 2. The predicted molar refractivity (Wildman–Crippen MR) is 74.5 cm³/mol. The highest BCUT2D eigenvalue weighted by molar-refractivity contribution is 6.10. The Morgan fingerprint density at radius 3 is 2.21 bits per heavy atom. The van der Waals surface area contributed by atoms with Crippen molar-refractivity contribution in [3.05, 3.63) is 0 Å². The molecule has 1 aliphatic carbocycles. The lowest BCUT2D eigenvalue weighted by Crippen LogP contribution is -2.46. The van der Waals surface area contributed by atoms with Gasteiger partial charge in [0.05, 0.1) is 11.8 Å². The second-order valence-corrected chi connectivity index (χ2v) is 6.50. The quantitative estimate of drug-likeness (QED) is 0.715. The Morgan fingerprint density at radius 2 is 1.74 bits per heavy atom. The molecule has 4 nitrogen and oxygen atoms in total. The summed E-state index contributed by atoms with van der Waals surface area (Å²) >= 11 is 0. The van der Waals surface area contributed by atoms with Gasteiger partial charge >= 0.3 is 0 Å². The van der Waals surface area contributed by atoms with Gasteiger partial charge in [-0.15, -0.1) is 0 Å². The van der Waals surface area contributed by atoms with E-state index in [4.69, 9.17) is 0 Å². The van der Waals surface area contributed by atoms with Crippen molar-refractivity contribution in [1.82, 2.24) is 10.2 Å². The van der Waals surface area contributed by atoms with Gasteiger partial charge in [-0.3, -0.25) is 14.5 Å². The summed E-state index contributed by atoms with van der Waals surface area (Å²) in [7, 11) is 0. The third-order valence-electron chi connectivity index (χ3n) is 4.61. The molecule has 2 fully saturated rings. The van der Waals surface area contributed by atoms with Gasteiger partial charge < -0.3 is 5.32 Å². The Balaban J connectivity index is 1.96. The fourth-order valence-electron chi connectivity index (χ4n) is 3.36. The Bertz CT molecular complexity index is 354. The van der Waals surface area contributed by atoms with Crippen molar-refractivity contribution in [2.24, 2.45) is 17.3 Å². The maximum Gasteiger partial charge on any atom is 0.233 e. The van der Waals surface area contributed by atoms with Crippen LogP contribution in [0.25, 0.3) is 0 Å². The lowest BCUT2D eigenvalue weighted by molar-refractivity contribution is -0.143. The lowest BCUT2D eigenvalue weighted by Gasteiger charge is -2.26. The van der Waals surface area contributed by atoms with Gasteiger partial charge in [0.25, 0.3) is 0 Å². The van der Waals surface area contributed by atoms with Crippen LogP contribution in [0.15, 0.2) is 0 Å². The molecule has 3 unspecified atom stereocenters. The average Bonchev–Trinajstić information content (AvgIpc) is 2.83. The van der Waals surface area contributed by atoms with Crippen LogP contribution in [0, 0.1) is 17.3 Å². The van der Waals surface area contributed by atoms with E-state index in [-0.39, 0.29) is 35.1 Å². The van der Waals surface area contributed by atoms with Crippen LogP contribution in [-0.2, 0) is 9.59 Å². The summed E-state index contributed by atoms with van der Waals surface area (Å²) in [6.45, 7) is 9.80. The fourth-order valence-corrected chi connectivity index (χ4v) is 3.36. The van der Waals surface area contributed by atoms with Crippen LogP contribution in [0.2, 0.25) is 0 Å². The summed E-state index contributed by atoms with van der Waals surface area (Å²) in [5, 5.41) is 3.44. The van der Waals surface area contributed by atoms with Crippen molar-refractivity contribution < 1.29 is 9.59 Å². The zero-order valence-electron chi connectivity index (χ0n) is 12.5. The van der Waals surface area contributed by atoms with E-state index in [1.54, 1.807) is 0 Å². The summed E-state index contributed by atoms with van der Waals surface area (Å²) in [4.78, 5) is 26.0. The number of imide groups is 1. The fraction of sp³-hybridized carbons (Fsp3) is 0.867. The Kier molecular flexibility index (Phi) is 4.00. The van der Waals surface area contributed by atoms with E-state index in [1.807, 2.05) is 13.8 Å². The molecule has 1 aliphatic heterocycles. The van der Waals surface area contributed by atoms with Crippen LogP contribution < -0.4 is 5.32 Å².